The number of hydrazone groups is 1. The van der Waals surface area contributed by atoms with Gasteiger partial charge in [-0.2, -0.15) is 0 Å². The Morgan fingerprint density at radius 3 is 2.16 bits per heavy atom. The van der Waals surface area contributed by atoms with E-state index in [9.17, 15) is 9.59 Å². The number of carbonyl (C=O) groups excluding carboxylic acids is 2. The normalized spacial score (nSPS) is 18.2. The van der Waals surface area contributed by atoms with Gasteiger partial charge in [0.25, 0.3) is 11.9 Å². The van der Waals surface area contributed by atoms with Gasteiger partial charge in [-0.1, -0.05) is 62.2 Å². The van der Waals surface area contributed by atoms with Crippen LogP contribution in [0.4, 0.5) is 0 Å². The Morgan fingerprint density at radius 1 is 1.05 bits per heavy atom. The first-order chi connectivity index (χ1) is 17.5. The molecule has 0 aliphatic heterocycles. The quantitative estimate of drug-likeness (QED) is 0.132. The number of hydrogen-bond acceptors (Lipinski definition) is 5. The maximum atomic E-state index is 13.7. The fourth-order valence-electron chi connectivity index (χ4n) is 4.85. The van der Waals surface area contributed by atoms with Crippen molar-refractivity contribution in [1.82, 2.24) is 10.2 Å². The molecule has 0 radical (unpaired) electrons. The van der Waals surface area contributed by atoms with Gasteiger partial charge in [-0.3, -0.25) is 14.9 Å². The van der Waals surface area contributed by atoms with Crippen LogP contribution in [0.2, 0.25) is 10.0 Å². The highest BCUT2D eigenvalue weighted by atomic mass is 35.5. The van der Waals surface area contributed by atoms with Crippen molar-refractivity contribution in [1.29, 1.82) is 5.53 Å². The Bertz CT molecular complexity index is 1130. The van der Waals surface area contributed by atoms with Crippen LogP contribution in [0, 0.1) is 16.9 Å². The van der Waals surface area contributed by atoms with Crippen LogP contribution >= 0.6 is 23.2 Å². The van der Waals surface area contributed by atoms with Gasteiger partial charge in [-0.15, -0.1) is 10.2 Å². The largest absolute Gasteiger partial charge is 0.335 e. The average molecular weight is 546 g/mol. The summed E-state index contributed by atoms with van der Waals surface area (Å²) in [6.45, 7) is 7.24. The number of rotatable bonds is 6. The molecule has 1 aliphatic carbocycles. The van der Waals surface area contributed by atoms with Gasteiger partial charge in [0.15, 0.2) is 0 Å². The first kappa shape index (κ1) is 28.6. The number of nitrogens with zero attached hydrogens (tertiary/aromatic N) is 3. The van der Waals surface area contributed by atoms with Crippen molar-refractivity contribution in [2.45, 2.75) is 65.5 Å². The van der Waals surface area contributed by atoms with E-state index in [2.05, 4.69) is 36.3 Å². The number of halogens is 2. The number of amides is 2. The zero-order chi connectivity index (χ0) is 27.2. The van der Waals surface area contributed by atoms with E-state index in [0.29, 0.717) is 33.6 Å². The van der Waals surface area contributed by atoms with Crippen molar-refractivity contribution >= 4 is 41.0 Å². The molecule has 0 spiro atoms. The minimum atomic E-state index is -0.478. The van der Waals surface area contributed by atoms with E-state index < -0.39 is 5.91 Å². The highest BCUT2D eigenvalue weighted by Gasteiger charge is 2.34. The molecule has 0 saturated heterocycles. The van der Waals surface area contributed by atoms with E-state index in [1.165, 1.54) is 0 Å². The predicted molar refractivity (Wildman–Crippen MR) is 147 cm³/mol. The minimum absolute atomic E-state index is 0.0307. The van der Waals surface area contributed by atoms with Crippen LogP contribution in [0.3, 0.4) is 0 Å². The summed E-state index contributed by atoms with van der Waals surface area (Å²) < 4.78 is 0. The topological polar surface area (TPSA) is 124 Å². The lowest BCUT2D eigenvalue weighted by molar-refractivity contribution is -0.134. The van der Waals surface area contributed by atoms with Crippen molar-refractivity contribution in [3.05, 3.63) is 69.2 Å². The minimum Gasteiger partial charge on any atom is -0.335 e. The number of guanidine groups is 1. The lowest BCUT2D eigenvalue weighted by Crippen LogP contribution is -2.43. The van der Waals surface area contributed by atoms with E-state index in [1.54, 1.807) is 30.3 Å². The fraction of sp³-hybridized carbons (Fsp3) is 0.444. The lowest BCUT2D eigenvalue weighted by atomic mass is 9.71. The van der Waals surface area contributed by atoms with Gasteiger partial charge >= 0.3 is 0 Å². The molecule has 1 fully saturated rings. The van der Waals surface area contributed by atoms with Crippen LogP contribution < -0.4 is 11.2 Å². The third-order valence-electron chi connectivity index (χ3n) is 7.09. The molecule has 1 aliphatic rings. The van der Waals surface area contributed by atoms with Crippen LogP contribution in [0.15, 0.2) is 52.7 Å². The summed E-state index contributed by atoms with van der Waals surface area (Å²) in [6, 6.07) is 12.3. The molecular weight excluding hydrogens is 511 g/mol. The Balaban J connectivity index is 1.80. The van der Waals surface area contributed by atoms with E-state index in [4.69, 9.17) is 34.6 Å². The number of nitrogens with one attached hydrogen (secondary N) is 2. The Labute approximate surface area is 228 Å². The number of benzene rings is 2. The zero-order valence-corrected chi connectivity index (χ0v) is 22.9. The summed E-state index contributed by atoms with van der Waals surface area (Å²) in [5, 5.41) is 9.60. The second kappa shape index (κ2) is 12.5. The van der Waals surface area contributed by atoms with Crippen LogP contribution in [-0.2, 0) is 17.8 Å². The maximum absolute atomic E-state index is 13.7. The van der Waals surface area contributed by atoms with Crippen LogP contribution in [0.1, 0.15) is 67.9 Å². The van der Waals surface area contributed by atoms with Crippen molar-refractivity contribution in [3.63, 3.8) is 0 Å². The van der Waals surface area contributed by atoms with Gasteiger partial charge in [-0.05, 0) is 72.4 Å². The highest BCUT2D eigenvalue weighted by Crippen LogP contribution is 2.39. The third-order valence-corrected chi connectivity index (χ3v) is 7.80. The van der Waals surface area contributed by atoms with E-state index in [-0.39, 0.29) is 29.7 Å². The third kappa shape index (κ3) is 7.52. The summed E-state index contributed by atoms with van der Waals surface area (Å²) >= 11 is 12.7. The molecule has 0 heterocycles. The van der Waals surface area contributed by atoms with Crippen molar-refractivity contribution < 1.29 is 9.59 Å². The van der Waals surface area contributed by atoms with Crippen LogP contribution in [0.25, 0.3) is 0 Å². The molecule has 2 aromatic rings. The average Bonchev–Trinajstić information content (AvgIpc) is 2.87. The van der Waals surface area contributed by atoms with E-state index in [0.717, 1.165) is 31.2 Å². The van der Waals surface area contributed by atoms with E-state index in [1.807, 2.05) is 17.0 Å². The molecule has 4 N–H and O–H groups in total. The molecular formula is C27H34Cl2N6O2. The molecule has 8 nitrogen and oxygen atoms in total. The standard InChI is InChI=1S/C27H34Cl2N6O2/c1-27(2,3)19-11-13-20(14-12-19)35(24(36)15-21-22(28)5-4-6-23(21)29)16-17-7-9-18(10-8-17)25(37)32-26(33-30)34-31/h4-10,19-20,30H,11-16,31H2,1-3H3,(H,32,34,37). The summed E-state index contributed by atoms with van der Waals surface area (Å²) in [5.41, 5.74) is 9.09. The zero-order valence-electron chi connectivity index (χ0n) is 21.4. The summed E-state index contributed by atoms with van der Waals surface area (Å²) in [7, 11) is 0. The van der Waals surface area contributed by atoms with Gasteiger partial charge in [0.05, 0.1) is 6.42 Å². The molecule has 2 aromatic carbocycles. The van der Waals surface area contributed by atoms with Crippen LogP contribution in [0.5, 0.6) is 0 Å². The van der Waals surface area contributed by atoms with E-state index >= 15 is 0 Å². The second-order valence-electron chi connectivity index (χ2n) is 10.5. The molecule has 37 heavy (non-hydrogen) atoms. The monoisotopic (exact) mass is 544 g/mol. The summed E-state index contributed by atoms with van der Waals surface area (Å²) in [4.78, 5) is 27.9. The predicted octanol–water partition coefficient (Wildman–Crippen LogP) is 6.16. The lowest BCUT2D eigenvalue weighted by Gasteiger charge is -2.41. The van der Waals surface area contributed by atoms with Crippen molar-refractivity contribution in [3.8, 4) is 0 Å². The van der Waals surface area contributed by atoms with Gasteiger partial charge < -0.3 is 10.7 Å². The van der Waals surface area contributed by atoms with Crippen LogP contribution in [-0.4, -0.2) is 28.7 Å². The maximum Gasteiger partial charge on any atom is 0.265 e. The number of hydrogen-bond donors (Lipinski definition) is 3. The van der Waals surface area contributed by atoms with Gasteiger partial charge in [-0.25, -0.2) is 5.53 Å². The molecule has 0 atom stereocenters. The SMILES string of the molecule is CC(C)(C)C1CCC(N(Cc2ccc(C(=O)N/C(N=N)=N/N)cc2)C(=O)Cc2c(Cl)cccc2Cl)CC1. The smallest absolute Gasteiger partial charge is 0.265 e. The molecule has 198 valence electrons. The Morgan fingerprint density at radius 2 is 1.65 bits per heavy atom. The summed E-state index contributed by atoms with van der Waals surface area (Å²) in [6.07, 6.45) is 4.12. The van der Waals surface area contributed by atoms with Gasteiger partial charge in [0.2, 0.25) is 5.91 Å². The van der Waals surface area contributed by atoms with Gasteiger partial charge in [0.1, 0.15) is 0 Å². The first-order valence-corrected chi connectivity index (χ1v) is 13.1. The molecule has 0 unspecified atom stereocenters. The molecule has 10 heteroatoms. The molecule has 3 rings (SSSR count). The molecule has 0 bridgehead atoms. The van der Waals surface area contributed by atoms with Gasteiger partial charge in [0, 0.05) is 28.2 Å². The van der Waals surface area contributed by atoms with Crippen molar-refractivity contribution in [2.24, 2.45) is 27.4 Å². The molecule has 1 saturated carbocycles. The highest BCUT2D eigenvalue weighted by molar-refractivity contribution is 6.36. The number of nitrogens with two attached hydrogens (primary N) is 1. The van der Waals surface area contributed by atoms with Crippen molar-refractivity contribution in [2.75, 3.05) is 0 Å². The fourth-order valence-corrected chi connectivity index (χ4v) is 5.38. The Hall–Kier alpha value is -2.97. The second-order valence-corrected chi connectivity index (χ2v) is 11.3. The Kier molecular flexibility index (Phi) is 9.68. The number of carbonyl (C=O) groups is 2. The molecule has 2 amide bonds. The first-order valence-electron chi connectivity index (χ1n) is 12.3. The molecule has 0 aromatic heterocycles. The summed E-state index contributed by atoms with van der Waals surface area (Å²) in [5.74, 6) is 4.93.